The summed E-state index contributed by atoms with van der Waals surface area (Å²) in [4.78, 5) is 25.1. The number of fused-ring (bicyclic) bond motifs is 1. The van der Waals surface area contributed by atoms with Crippen molar-refractivity contribution < 1.29 is 9.72 Å². The van der Waals surface area contributed by atoms with Gasteiger partial charge in [-0.15, -0.1) is 0 Å². The lowest BCUT2D eigenvalue weighted by atomic mass is 10.2. The average Bonchev–Trinajstić information content (AvgIpc) is 3.50. The van der Waals surface area contributed by atoms with Crippen molar-refractivity contribution in [3.05, 3.63) is 106 Å². The molecule has 0 saturated heterocycles. The molecule has 0 unspecified atom stereocenters. The summed E-state index contributed by atoms with van der Waals surface area (Å²) < 4.78 is 3.92. The van der Waals surface area contributed by atoms with Crippen molar-refractivity contribution in [3.63, 3.8) is 0 Å². The molecule has 31 heavy (non-hydrogen) atoms. The van der Waals surface area contributed by atoms with Crippen LogP contribution in [0.25, 0.3) is 11.5 Å². The van der Waals surface area contributed by atoms with Gasteiger partial charge in [0.05, 0.1) is 29.4 Å². The van der Waals surface area contributed by atoms with Gasteiger partial charge in [-0.2, -0.15) is 5.10 Å². The Labute approximate surface area is 178 Å². The number of nitro groups is 1. The van der Waals surface area contributed by atoms with E-state index in [-0.39, 0.29) is 11.6 Å². The van der Waals surface area contributed by atoms with Crippen LogP contribution in [0.15, 0.2) is 73.1 Å². The fourth-order valence-electron chi connectivity index (χ4n) is 3.86. The van der Waals surface area contributed by atoms with Crippen LogP contribution in [0.4, 0.5) is 5.69 Å². The van der Waals surface area contributed by atoms with Gasteiger partial charge < -0.3 is 9.47 Å². The molecule has 1 amide bonds. The smallest absolute Gasteiger partial charge is 0.269 e. The van der Waals surface area contributed by atoms with E-state index in [0.29, 0.717) is 18.7 Å². The molecule has 8 nitrogen and oxygen atoms in total. The Morgan fingerprint density at radius 3 is 2.32 bits per heavy atom. The minimum Gasteiger partial charge on any atom is -0.328 e. The maximum atomic E-state index is 13.0. The van der Waals surface area contributed by atoms with E-state index in [0.717, 1.165) is 22.8 Å². The summed E-state index contributed by atoms with van der Waals surface area (Å²) in [6.07, 6.45) is 3.92. The molecule has 3 heterocycles. The fraction of sp³-hybridized carbons (Fsp3) is 0.130. The Morgan fingerprint density at radius 2 is 1.68 bits per heavy atom. The Morgan fingerprint density at radius 1 is 1.00 bits per heavy atom. The first-order valence-corrected chi connectivity index (χ1v) is 9.86. The van der Waals surface area contributed by atoms with Gasteiger partial charge in [0.25, 0.3) is 11.6 Å². The number of amides is 1. The number of non-ortho nitro benzene ring substituents is 1. The number of carbonyl (C=O) groups is 1. The minimum atomic E-state index is -0.475. The number of aryl methyl sites for hydroxylation is 1. The number of benzene rings is 2. The molecule has 154 valence electrons. The SMILES string of the molecule is Cc1ccc(-n2nc3c(c2-n2cccc2)CN(C(=O)c2ccc([N+](=O)[O-])cc2)C3)cc1. The molecule has 0 saturated carbocycles. The van der Waals surface area contributed by atoms with E-state index < -0.39 is 4.92 Å². The molecule has 8 heteroatoms. The van der Waals surface area contributed by atoms with Gasteiger partial charge >= 0.3 is 0 Å². The molecule has 0 aliphatic carbocycles. The summed E-state index contributed by atoms with van der Waals surface area (Å²) in [5.41, 5.74) is 4.35. The van der Waals surface area contributed by atoms with E-state index in [4.69, 9.17) is 5.10 Å². The van der Waals surface area contributed by atoms with Crippen LogP contribution in [0, 0.1) is 17.0 Å². The van der Waals surface area contributed by atoms with Crippen molar-refractivity contribution >= 4 is 11.6 Å². The molecule has 0 spiro atoms. The number of carbonyl (C=O) groups excluding carboxylic acids is 1. The van der Waals surface area contributed by atoms with Crippen LogP contribution in [0.1, 0.15) is 27.2 Å². The zero-order valence-electron chi connectivity index (χ0n) is 16.8. The van der Waals surface area contributed by atoms with Gasteiger partial charge in [0.15, 0.2) is 0 Å². The lowest BCUT2D eigenvalue weighted by molar-refractivity contribution is -0.384. The maximum Gasteiger partial charge on any atom is 0.269 e. The summed E-state index contributed by atoms with van der Waals surface area (Å²) in [5.74, 6) is 0.732. The predicted molar refractivity (Wildman–Crippen MR) is 114 cm³/mol. The summed E-state index contributed by atoms with van der Waals surface area (Å²) in [6.45, 7) is 2.85. The van der Waals surface area contributed by atoms with Crippen molar-refractivity contribution in [2.45, 2.75) is 20.0 Å². The highest BCUT2D eigenvalue weighted by atomic mass is 16.6. The molecule has 1 aliphatic rings. The van der Waals surface area contributed by atoms with E-state index >= 15 is 0 Å². The molecule has 0 bridgehead atoms. The Balaban J connectivity index is 1.49. The Bertz CT molecular complexity index is 1270. The Kier molecular flexibility index (Phi) is 4.39. The third kappa shape index (κ3) is 3.28. The second-order valence-electron chi connectivity index (χ2n) is 7.55. The first-order valence-electron chi connectivity index (χ1n) is 9.86. The minimum absolute atomic E-state index is 0.0365. The summed E-state index contributed by atoms with van der Waals surface area (Å²) >= 11 is 0. The monoisotopic (exact) mass is 413 g/mol. The van der Waals surface area contributed by atoms with Crippen LogP contribution in [0.3, 0.4) is 0 Å². The number of aromatic nitrogens is 3. The van der Waals surface area contributed by atoms with Gasteiger partial charge in [0, 0.05) is 35.7 Å². The van der Waals surface area contributed by atoms with Crippen LogP contribution in [0.2, 0.25) is 0 Å². The highest BCUT2D eigenvalue weighted by Crippen LogP contribution is 2.31. The van der Waals surface area contributed by atoms with E-state index in [9.17, 15) is 14.9 Å². The van der Waals surface area contributed by atoms with Gasteiger partial charge in [0.1, 0.15) is 5.82 Å². The molecule has 2 aromatic heterocycles. The van der Waals surface area contributed by atoms with Crippen molar-refractivity contribution in [3.8, 4) is 11.5 Å². The molecule has 0 radical (unpaired) electrons. The number of hydrogen-bond donors (Lipinski definition) is 0. The Hall–Kier alpha value is -4.20. The predicted octanol–water partition coefficient (Wildman–Crippen LogP) is 4.04. The summed E-state index contributed by atoms with van der Waals surface area (Å²) in [7, 11) is 0. The quantitative estimate of drug-likeness (QED) is 0.373. The van der Waals surface area contributed by atoms with E-state index in [1.165, 1.54) is 29.8 Å². The summed E-state index contributed by atoms with van der Waals surface area (Å²) in [6, 6.07) is 17.8. The van der Waals surface area contributed by atoms with E-state index in [1.807, 2.05) is 65.0 Å². The first kappa shape index (κ1) is 18.8. The standard InChI is InChI=1S/C23H19N5O3/c1-16-4-8-18(9-5-16)27-22(25-12-2-3-13-25)20-14-26(15-21(20)24-27)23(29)17-6-10-19(11-7-17)28(30)31/h2-13H,14-15H2,1H3. The molecule has 0 fully saturated rings. The fourth-order valence-corrected chi connectivity index (χ4v) is 3.86. The number of nitrogens with zero attached hydrogens (tertiary/aromatic N) is 5. The second-order valence-corrected chi connectivity index (χ2v) is 7.55. The van der Waals surface area contributed by atoms with Gasteiger partial charge in [-0.1, -0.05) is 17.7 Å². The van der Waals surface area contributed by atoms with Crippen LogP contribution in [0.5, 0.6) is 0 Å². The van der Waals surface area contributed by atoms with Crippen LogP contribution < -0.4 is 0 Å². The van der Waals surface area contributed by atoms with Gasteiger partial charge in [-0.25, -0.2) is 4.68 Å². The second kappa shape index (κ2) is 7.24. The zero-order valence-corrected chi connectivity index (χ0v) is 16.8. The molecule has 5 rings (SSSR count). The zero-order chi connectivity index (χ0) is 21.5. The van der Waals surface area contributed by atoms with Gasteiger partial charge in [0.2, 0.25) is 0 Å². The van der Waals surface area contributed by atoms with Crippen LogP contribution in [-0.2, 0) is 13.1 Å². The first-order chi connectivity index (χ1) is 15.0. The van der Waals surface area contributed by atoms with E-state index in [1.54, 1.807) is 4.90 Å². The molecule has 2 aromatic carbocycles. The van der Waals surface area contributed by atoms with Gasteiger partial charge in [-0.3, -0.25) is 14.9 Å². The molecular formula is C23H19N5O3. The van der Waals surface area contributed by atoms with Crippen LogP contribution >= 0.6 is 0 Å². The number of hydrogen-bond acceptors (Lipinski definition) is 4. The highest BCUT2D eigenvalue weighted by molar-refractivity contribution is 5.94. The molecule has 4 aromatic rings. The lowest BCUT2D eigenvalue weighted by Crippen LogP contribution is -2.26. The lowest BCUT2D eigenvalue weighted by Gasteiger charge is -2.17. The number of nitro benzene ring substituents is 1. The molecular weight excluding hydrogens is 394 g/mol. The normalized spacial score (nSPS) is 12.7. The maximum absolute atomic E-state index is 13.0. The molecule has 0 atom stereocenters. The average molecular weight is 413 g/mol. The molecule has 0 N–H and O–H groups in total. The number of rotatable bonds is 4. The largest absolute Gasteiger partial charge is 0.328 e. The van der Waals surface area contributed by atoms with Crippen molar-refractivity contribution in [1.82, 2.24) is 19.2 Å². The topological polar surface area (TPSA) is 86.2 Å². The molecule has 1 aliphatic heterocycles. The summed E-state index contributed by atoms with van der Waals surface area (Å²) in [5, 5.41) is 15.7. The third-order valence-corrected chi connectivity index (χ3v) is 5.47. The van der Waals surface area contributed by atoms with E-state index in [2.05, 4.69) is 0 Å². The van der Waals surface area contributed by atoms with Crippen LogP contribution in [-0.4, -0.2) is 30.1 Å². The van der Waals surface area contributed by atoms with Crippen molar-refractivity contribution in [1.29, 1.82) is 0 Å². The third-order valence-electron chi connectivity index (χ3n) is 5.47. The van der Waals surface area contributed by atoms with Crippen molar-refractivity contribution in [2.24, 2.45) is 0 Å². The highest BCUT2D eigenvalue weighted by Gasteiger charge is 2.32. The van der Waals surface area contributed by atoms with Crippen molar-refractivity contribution in [2.75, 3.05) is 0 Å². The van der Waals surface area contributed by atoms with Gasteiger partial charge in [-0.05, 0) is 43.3 Å².